The first-order valence-corrected chi connectivity index (χ1v) is 6.00. The fourth-order valence-electron chi connectivity index (χ4n) is 1.16. The molecule has 0 aromatic heterocycles. The summed E-state index contributed by atoms with van der Waals surface area (Å²) in [5.74, 6) is 0.758. The van der Waals surface area contributed by atoms with Crippen molar-refractivity contribution in [2.45, 2.75) is 31.1 Å². The predicted octanol–water partition coefficient (Wildman–Crippen LogP) is 1.01. The normalized spacial score (nSPS) is 19.4. The Morgan fingerprint density at radius 1 is 1.64 bits per heavy atom. The van der Waals surface area contributed by atoms with E-state index in [1.807, 2.05) is 13.2 Å². The molecule has 14 heavy (non-hydrogen) atoms. The molecule has 1 saturated carbocycles. The van der Waals surface area contributed by atoms with Gasteiger partial charge in [-0.05, 0) is 31.9 Å². The van der Waals surface area contributed by atoms with Gasteiger partial charge in [0.15, 0.2) is 0 Å². The zero-order chi connectivity index (χ0) is 9.84. The third-order valence-electron chi connectivity index (χ3n) is 2.46. The van der Waals surface area contributed by atoms with Gasteiger partial charge in [0.25, 0.3) is 0 Å². The molecule has 0 aliphatic heterocycles. The minimum Gasteiger partial charge on any atom is -0.354 e. The summed E-state index contributed by atoms with van der Waals surface area (Å²) in [6.07, 6.45) is 4.40. The van der Waals surface area contributed by atoms with E-state index in [2.05, 4.69) is 5.32 Å². The van der Waals surface area contributed by atoms with Crippen LogP contribution in [0.15, 0.2) is 0 Å². The number of amides is 1. The lowest BCUT2D eigenvalue weighted by Crippen LogP contribution is -2.41. The minimum absolute atomic E-state index is 0. The zero-order valence-electron chi connectivity index (χ0n) is 8.66. The molecule has 0 heterocycles. The first-order chi connectivity index (χ1) is 6.15. The average Bonchev–Trinajstić information content (AvgIpc) is 2.95. The van der Waals surface area contributed by atoms with Crippen LogP contribution < -0.4 is 11.1 Å². The van der Waals surface area contributed by atoms with E-state index in [4.69, 9.17) is 5.73 Å². The van der Waals surface area contributed by atoms with Gasteiger partial charge >= 0.3 is 0 Å². The maximum Gasteiger partial charge on any atom is 0.232 e. The van der Waals surface area contributed by atoms with Crippen LogP contribution in [0.25, 0.3) is 0 Å². The Bertz CT molecular complexity index is 188. The lowest BCUT2D eigenvalue weighted by Gasteiger charge is -2.13. The molecule has 0 bridgehead atoms. The van der Waals surface area contributed by atoms with Crippen molar-refractivity contribution in [3.8, 4) is 0 Å². The second-order valence-electron chi connectivity index (χ2n) is 3.62. The van der Waals surface area contributed by atoms with Crippen molar-refractivity contribution in [1.29, 1.82) is 0 Å². The number of hydrogen-bond donors (Lipinski definition) is 2. The number of carbonyl (C=O) groups is 1. The molecule has 5 heteroatoms. The molecule has 2 atom stereocenters. The summed E-state index contributed by atoms with van der Waals surface area (Å²) in [6.45, 7) is 2.54. The van der Waals surface area contributed by atoms with Crippen LogP contribution in [0, 0.1) is 5.92 Å². The molecule has 0 saturated heterocycles. The maximum atomic E-state index is 11.3. The molecule has 0 aromatic rings. The monoisotopic (exact) mass is 238 g/mol. The van der Waals surface area contributed by atoms with Crippen molar-refractivity contribution in [3.63, 3.8) is 0 Å². The highest BCUT2D eigenvalue weighted by Gasteiger charge is 2.28. The number of nitrogens with one attached hydrogen (secondary N) is 1. The van der Waals surface area contributed by atoms with Gasteiger partial charge in [-0.2, -0.15) is 11.8 Å². The van der Waals surface area contributed by atoms with Gasteiger partial charge in [-0.25, -0.2) is 0 Å². The number of rotatable bonds is 5. The van der Waals surface area contributed by atoms with E-state index in [0.717, 1.165) is 0 Å². The molecule has 1 rings (SSSR count). The highest BCUT2D eigenvalue weighted by molar-refractivity contribution is 7.99. The van der Waals surface area contributed by atoms with Crippen molar-refractivity contribution in [3.05, 3.63) is 0 Å². The quantitative estimate of drug-likeness (QED) is 0.752. The van der Waals surface area contributed by atoms with Gasteiger partial charge in [-0.15, -0.1) is 12.4 Å². The third kappa shape index (κ3) is 4.53. The molecule has 0 radical (unpaired) electrons. The molecule has 0 aromatic carbocycles. The van der Waals surface area contributed by atoms with Crippen molar-refractivity contribution in [1.82, 2.24) is 5.32 Å². The lowest BCUT2D eigenvalue weighted by molar-refractivity contribution is -0.120. The summed E-state index contributed by atoms with van der Waals surface area (Å²) >= 11 is 1.56. The van der Waals surface area contributed by atoms with Crippen molar-refractivity contribution in [2.75, 3.05) is 12.8 Å². The van der Waals surface area contributed by atoms with Crippen LogP contribution in [-0.4, -0.2) is 30.0 Å². The molecule has 3 nitrogen and oxygen atoms in total. The van der Waals surface area contributed by atoms with Gasteiger partial charge in [0.05, 0.1) is 5.25 Å². The molecular formula is C9H19ClN2OS. The van der Waals surface area contributed by atoms with E-state index in [0.29, 0.717) is 12.5 Å². The standard InChI is InChI=1S/C9H18N2OS.ClH/c1-6(13-2)9(12)11-5-8(10)7-3-4-7;/h6-8H,3-5,10H2,1-2H3,(H,11,12);1H. The van der Waals surface area contributed by atoms with E-state index in [1.165, 1.54) is 12.8 Å². The number of thioether (sulfide) groups is 1. The van der Waals surface area contributed by atoms with Gasteiger partial charge in [-0.3, -0.25) is 4.79 Å². The van der Waals surface area contributed by atoms with Crippen LogP contribution in [0.5, 0.6) is 0 Å². The van der Waals surface area contributed by atoms with Crippen LogP contribution in [0.4, 0.5) is 0 Å². The summed E-state index contributed by atoms with van der Waals surface area (Å²) < 4.78 is 0. The lowest BCUT2D eigenvalue weighted by atomic mass is 10.2. The molecule has 3 N–H and O–H groups in total. The van der Waals surface area contributed by atoms with Gasteiger partial charge in [0.1, 0.15) is 0 Å². The summed E-state index contributed by atoms with van der Waals surface area (Å²) in [6, 6.07) is 0.165. The van der Waals surface area contributed by atoms with Crippen LogP contribution in [0.1, 0.15) is 19.8 Å². The fraction of sp³-hybridized carbons (Fsp3) is 0.889. The first kappa shape index (κ1) is 14.1. The Labute approximate surface area is 96.0 Å². The van der Waals surface area contributed by atoms with Gasteiger partial charge < -0.3 is 11.1 Å². The molecular weight excluding hydrogens is 220 g/mol. The molecule has 1 amide bonds. The summed E-state index contributed by atoms with van der Waals surface area (Å²) in [4.78, 5) is 11.3. The Balaban J connectivity index is 0.00000169. The smallest absolute Gasteiger partial charge is 0.232 e. The Hall–Kier alpha value is 0.0700. The Morgan fingerprint density at radius 3 is 2.64 bits per heavy atom. The van der Waals surface area contributed by atoms with Crippen molar-refractivity contribution in [2.24, 2.45) is 11.7 Å². The second kappa shape index (κ2) is 6.53. The van der Waals surface area contributed by atoms with Crippen LogP contribution in [-0.2, 0) is 4.79 Å². The molecule has 1 fully saturated rings. The SMILES string of the molecule is CSC(C)C(=O)NCC(N)C1CC1.Cl. The molecule has 1 aliphatic rings. The van der Waals surface area contributed by atoms with E-state index in [1.54, 1.807) is 11.8 Å². The summed E-state index contributed by atoms with van der Waals surface area (Å²) in [5.41, 5.74) is 5.85. The van der Waals surface area contributed by atoms with Crippen LogP contribution in [0.2, 0.25) is 0 Å². The topological polar surface area (TPSA) is 55.1 Å². The van der Waals surface area contributed by atoms with Gasteiger partial charge in [0, 0.05) is 12.6 Å². The highest BCUT2D eigenvalue weighted by atomic mass is 35.5. The zero-order valence-corrected chi connectivity index (χ0v) is 10.3. The van der Waals surface area contributed by atoms with E-state index in [-0.39, 0.29) is 29.6 Å². The number of nitrogens with two attached hydrogens (primary N) is 1. The van der Waals surface area contributed by atoms with Crippen LogP contribution >= 0.6 is 24.2 Å². The number of halogens is 1. The molecule has 0 spiro atoms. The second-order valence-corrected chi connectivity index (χ2v) is 4.80. The number of carbonyl (C=O) groups excluding carboxylic acids is 1. The Kier molecular flexibility index (Phi) is 6.57. The van der Waals surface area contributed by atoms with E-state index in [9.17, 15) is 4.79 Å². The molecule has 2 unspecified atom stereocenters. The fourth-order valence-corrected chi connectivity index (χ4v) is 1.46. The highest BCUT2D eigenvalue weighted by Crippen LogP contribution is 2.31. The van der Waals surface area contributed by atoms with E-state index < -0.39 is 0 Å². The van der Waals surface area contributed by atoms with Gasteiger partial charge in [-0.1, -0.05) is 0 Å². The van der Waals surface area contributed by atoms with Crippen molar-refractivity contribution >= 4 is 30.1 Å². The summed E-state index contributed by atoms with van der Waals surface area (Å²) in [5, 5.41) is 2.90. The maximum absolute atomic E-state index is 11.3. The summed E-state index contributed by atoms with van der Waals surface area (Å²) in [7, 11) is 0. The van der Waals surface area contributed by atoms with Crippen molar-refractivity contribution < 1.29 is 4.79 Å². The minimum atomic E-state index is 0. The molecule has 1 aliphatic carbocycles. The molecule has 84 valence electrons. The predicted molar refractivity (Wildman–Crippen MR) is 63.9 cm³/mol. The number of hydrogen-bond acceptors (Lipinski definition) is 3. The van der Waals surface area contributed by atoms with E-state index >= 15 is 0 Å². The average molecular weight is 239 g/mol. The largest absolute Gasteiger partial charge is 0.354 e. The van der Waals surface area contributed by atoms with Gasteiger partial charge in [0.2, 0.25) is 5.91 Å². The third-order valence-corrected chi connectivity index (χ3v) is 3.38. The first-order valence-electron chi connectivity index (χ1n) is 4.71. The Morgan fingerprint density at radius 2 is 2.21 bits per heavy atom. The van der Waals surface area contributed by atoms with Crippen LogP contribution in [0.3, 0.4) is 0 Å².